The second-order valence-electron chi connectivity index (χ2n) is 6.92. The van der Waals surface area contributed by atoms with Gasteiger partial charge in [-0.2, -0.15) is 0 Å². The highest BCUT2D eigenvalue weighted by molar-refractivity contribution is 6.07. The number of carbonyl (C=O) groups is 4. The molecule has 0 saturated carbocycles. The number of carbonyl (C=O) groups excluding carboxylic acids is 4. The third-order valence-electron chi connectivity index (χ3n) is 4.82. The first-order chi connectivity index (χ1) is 12.3. The average Bonchev–Trinajstić information content (AvgIpc) is 2.86. The molecule has 2 atom stereocenters. The minimum absolute atomic E-state index is 0.105. The Labute approximate surface area is 151 Å². The molecule has 8 nitrogen and oxygen atoms in total. The van der Waals surface area contributed by atoms with E-state index in [2.05, 4.69) is 16.0 Å². The molecule has 2 heterocycles. The lowest BCUT2D eigenvalue weighted by atomic mass is 9.89. The maximum Gasteiger partial charge on any atom is 0.322 e. The molecular weight excluding hydrogens is 336 g/mol. The smallest absolute Gasteiger partial charge is 0.322 e. The van der Waals surface area contributed by atoms with Crippen LogP contribution >= 0.6 is 0 Å². The van der Waals surface area contributed by atoms with Crippen LogP contribution in [-0.2, 0) is 9.59 Å². The van der Waals surface area contributed by atoms with E-state index in [-0.39, 0.29) is 18.4 Å². The first-order valence-corrected chi connectivity index (χ1v) is 8.61. The fourth-order valence-corrected chi connectivity index (χ4v) is 3.46. The summed E-state index contributed by atoms with van der Waals surface area (Å²) in [5, 5.41) is 7.56. The number of urea groups is 1. The monoisotopic (exact) mass is 358 g/mol. The van der Waals surface area contributed by atoms with Gasteiger partial charge in [0.2, 0.25) is 5.91 Å². The fraction of sp³-hybridized carbons (Fsp3) is 0.444. The standard InChI is InChI=1S/C18H22N4O4/c1-11-5-3-6-13(9-11)14(23)19-12(2)15(24)22-8-4-7-18(10-22)16(25)20-17(26)21-18/h3,5-6,9,12H,4,7-8,10H2,1-2H3,(H,19,23)(H2,20,21,25,26). The third kappa shape index (κ3) is 3.40. The Kier molecular flexibility index (Phi) is 4.67. The number of amides is 5. The molecular formula is C18H22N4O4. The predicted octanol–water partition coefficient (Wildman–Crippen LogP) is 0.314. The Balaban J connectivity index is 1.65. The molecule has 8 heteroatoms. The van der Waals surface area contributed by atoms with E-state index in [0.717, 1.165) is 5.56 Å². The molecule has 3 rings (SSSR count). The normalized spacial score (nSPS) is 23.4. The minimum atomic E-state index is -1.06. The van der Waals surface area contributed by atoms with E-state index < -0.39 is 23.5 Å². The quantitative estimate of drug-likeness (QED) is 0.676. The first-order valence-electron chi connectivity index (χ1n) is 8.61. The first kappa shape index (κ1) is 17.9. The second-order valence-corrected chi connectivity index (χ2v) is 6.92. The number of nitrogens with one attached hydrogen (secondary N) is 3. The van der Waals surface area contributed by atoms with Crippen molar-refractivity contribution >= 4 is 23.8 Å². The zero-order valence-corrected chi connectivity index (χ0v) is 14.8. The van der Waals surface area contributed by atoms with Gasteiger partial charge in [-0.05, 0) is 38.8 Å². The number of imide groups is 1. The van der Waals surface area contributed by atoms with E-state index in [1.165, 1.54) is 4.90 Å². The maximum absolute atomic E-state index is 12.7. The molecule has 1 spiro atoms. The number of hydrogen-bond donors (Lipinski definition) is 3. The lowest BCUT2D eigenvalue weighted by molar-refractivity contribution is -0.137. The number of likely N-dealkylation sites (tertiary alicyclic amines) is 1. The zero-order valence-electron chi connectivity index (χ0n) is 14.8. The molecule has 0 aromatic heterocycles. The summed E-state index contributed by atoms with van der Waals surface area (Å²) >= 11 is 0. The van der Waals surface area contributed by atoms with E-state index in [9.17, 15) is 19.2 Å². The van der Waals surface area contributed by atoms with E-state index in [4.69, 9.17) is 0 Å². The highest BCUT2D eigenvalue weighted by Crippen LogP contribution is 2.24. The summed E-state index contributed by atoms with van der Waals surface area (Å²) in [6.07, 6.45) is 1.08. The molecule has 2 aliphatic heterocycles. The fourth-order valence-electron chi connectivity index (χ4n) is 3.46. The molecule has 2 aliphatic rings. The van der Waals surface area contributed by atoms with Crippen molar-refractivity contribution in [1.29, 1.82) is 0 Å². The van der Waals surface area contributed by atoms with Crippen LogP contribution in [0.15, 0.2) is 24.3 Å². The van der Waals surface area contributed by atoms with Crippen LogP contribution in [0.25, 0.3) is 0 Å². The van der Waals surface area contributed by atoms with Crippen molar-refractivity contribution in [1.82, 2.24) is 20.9 Å². The molecule has 2 fully saturated rings. The maximum atomic E-state index is 12.7. The summed E-state index contributed by atoms with van der Waals surface area (Å²) in [5.74, 6) is -1.01. The van der Waals surface area contributed by atoms with Gasteiger partial charge in [0, 0.05) is 12.1 Å². The number of nitrogens with zero attached hydrogens (tertiary/aromatic N) is 1. The van der Waals surface area contributed by atoms with Gasteiger partial charge < -0.3 is 15.5 Å². The highest BCUT2D eigenvalue weighted by atomic mass is 16.2. The van der Waals surface area contributed by atoms with Crippen LogP contribution in [0, 0.1) is 6.92 Å². The summed E-state index contributed by atoms with van der Waals surface area (Å²) in [7, 11) is 0. The lowest BCUT2D eigenvalue weighted by Gasteiger charge is -2.39. The molecule has 0 aliphatic carbocycles. The van der Waals surface area contributed by atoms with Gasteiger partial charge >= 0.3 is 6.03 Å². The highest BCUT2D eigenvalue weighted by Gasteiger charge is 2.49. The summed E-state index contributed by atoms with van der Waals surface area (Å²) < 4.78 is 0. The molecule has 2 saturated heterocycles. The van der Waals surface area contributed by atoms with Gasteiger partial charge in [0.1, 0.15) is 11.6 Å². The molecule has 3 N–H and O–H groups in total. The summed E-state index contributed by atoms with van der Waals surface area (Å²) in [6.45, 7) is 4.09. The number of piperidine rings is 1. The summed E-state index contributed by atoms with van der Waals surface area (Å²) in [5.41, 5.74) is 0.380. The Morgan fingerprint density at radius 3 is 2.73 bits per heavy atom. The minimum Gasteiger partial charge on any atom is -0.341 e. The summed E-state index contributed by atoms with van der Waals surface area (Å²) in [6, 6.07) is 5.84. The van der Waals surface area contributed by atoms with Gasteiger partial charge in [0.15, 0.2) is 0 Å². The topological polar surface area (TPSA) is 108 Å². The average molecular weight is 358 g/mol. The lowest BCUT2D eigenvalue weighted by Crippen LogP contribution is -2.61. The predicted molar refractivity (Wildman–Crippen MR) is 93.3 cm³/mol. The van der Waals surface area contributed by atoms with Crippen molar-refractivity contribution in [2.24, 2.45) is 0 Å². The van der Waals surface area contributed by atoms with Gasteiger partial charge in [0.25, 0.3) is 11.8 Å². The Morgan fingerprint density at radius 2 is 2.08 bits per heavy atom. The van der Waals surface area contributed by atoms with Crippen LogP contribution in [0.5, 0.6) is 0 Å². The van der Waals surface area contributed by atoms with Crippen LogP contribution in [0.3, 0.4) is 0 Å². The van der Waals surface area contributed by atoms with Crippen LogP contribution in [0.4, 0.5) is 4.79 Å². The molecule has 2 unspecified atom stereocenters. The van der Waals surface area contributed by atoms with Gasteiger partial charge in [-0.3, -0.25) is 19.7 Å². The van der Waals surface area contributed by atoms with Crippen molar-refractivity contribution in [3.05, 3.63) is 35.4 Å². The van der Waals surface area contributed by atoms with Gasteiger partial charge in [0.05, 0.1) is 6.54 Å². The summed E-state index contributed by atoms with van der Waals surface area (Å²) in [4.78, 5) is 50.1. The molecule has 0 bridgehead atoms. The SMILES string of the molecule is Cc1cccc(C(=O)NC(C)C(=O)N2CCCC3(C2)NC(=O)NC3=O)c1. The van der Waals surface area contributed by atoms with Gasteiger partial charge in [-0.1, -0.05) is 17.7 Å². The van der Waals surface area contributed by atoms with Crippen molar-refractivity contribution in [2.45, 2.75) is 38.3 Å². The van der Waals surface area contributed by atoms with Gasteiger partial charge in [-0.25, -0.2) is 4.79 Å². The van der Waals surface area contributed by atoms with E-state index in [1.54, 1.807) is 25.1 Å². The zero-order chi connectivity index (χ0) is 18.9. The number of hydrogen-bond acceptors (Lipinski definition) is 4. The largest absolute Gasteiger partial charge is 0.341 e. The van der Waals surface area contributed by atoms with Crippen LogP contribution < -0.4 is 16.0 Å². The van der Waals surface area contributed by atoms with Crippen LogP contribution in [0.1, 0.15) is 35.7 Å². The van der Waals surface area contributed by atoms with Crippen molar-refractivity contribution in [3.8, 4) is 0 Å². The van der Waals surface area contributed by atoms with E-state index in [0.29, 0.717) is 24.9 Å². The van der Waals surface area contributed by atoms with Crippen molar-refractivity contribution in [2.75, 3.05) is 13.1 Å². The van der Waals surface area contributed by atoms with Crippen LogP contribution in [-0.4, -0.2) is 53.3 Å². The number of aryl methyl sites for hydroxylation is 1. The molecule has 1 aromatic carbocycles. The van der Waals surface area contributed by atoms with E-state index >= 15 is 0 Å². The van der Waals surface area contributed by atoms with E-state index in [1.807, 2.05) is 13.0 Å². The van der Waals surface area contributed by atoms with Crippen LogP contribution in [0.2, 0.25) is 0 Å². The second kappa shape index (κ2) is 6.78. The molecule has 138 valence electrons. The number of rotatable bonds is 3. The molecule has 5 amide bonds. The van der Waals surface area contributed by atoms with Crippen molar-refractivity contribution in [3.63, 3.8) is 0 Å². The molecule has 0 radical (unpaired) electrons. The number of benzene rings is 1. The third-order valence-corrected chi connectivity index (χ3v) is 4.82. The van der Waals surface area contributed by atoms with Crippen molar-refractivity contribution < 1.29 is 19.2 Å². The Morgan fingerprint density at radius 1 is 1.31 bits per heavy atom. The van der Waals surface area contributed by atoms with Gasteiger partial charge in [-0.15, -0.1) is 0 Å². The Bertz CT molecular complexity index is 778. The molecule has 26 heavy (non-hydrogen) atoms. The molecule has 1 aromatic rings. The Hall–Kier alpha value is -2.90.